The summed E-state index contributed by atoms with van der Waals surface area (Å²) in [5.74, 6) is 2.84. The summed E-state index contributed by atoms with van der Waals surface area (Å²) in [7, 11) is 3.41. The van der Waals surface area contributed by atoms with Crippen LogP contribution in [-0.2, 0) is 6.54 Å². The molecule has 0 saturated carbocycles. The van der Waals surface area contributed by atoms with Crippen molar-refractivity contribution in [2.45, 2.75) is 20.4 Å². The highest BCUT2D eigenvalue weighted by molar-refractivity contribution is 7.18. The normalized spacial score (nSPS) is 15.2. The van der Waals surface area contributed by atoms with Gasteiger partial charge in [-0.3, -0.25) is 4.90 Å². The molecule has 3 heterocycles. The summed E-state index contributed by atoms with van der Waals surface area (Å²) in [6.45, 7) is 9.04. The Hall–Kier alpha value is -2.38. The van der Waals surface area contributed by atoms with Crippen LogP contribution in [-0.4, -0.2) is 55.3 Å². The third kappa shape index (κ3) is 3.52. The van der Waals surface area contributed by atoms with E-state index in [-0.39, 0.29) is 0 Å². The summed E-state index contributed by atoms with van der Waals surface area (Å²) in [6, 6.07) is 5.98. The Morgan fingerprint density at radius 1 is 1.04 bits per heavy atom. The van der Waals surface area contributed by atoms with Crippen molar-refractivity contribution in [2.75, 3.05) is 45.3 Å². The average molecular weight is 399 g/mol. The van der Waals surface area contributed by atoms with Crippen LogP contribution in [0, 0.1) is 13.8 Å². The number of anilines is 1. The monoisotopic (exact) mass is 398 g/mol. The number of methoxy groups -OCH3 is 2. The van der Waals surface area contributed by atoms with Crippen molar-refractivity contribution in [3.05, 3.63) is 40.5 Å². The van der Waals surface area contributed by atoms with Gasteiger partial charge in [-0.15, -0.1) is 11.3 Å². The molecule has 1 aliphatic rings. The topological polar surface area (TPSA) is 50.7 Å². The molecule has 0 unspecified atom stereocenters. The zero-order valence-corrected chi connectivity index (χ0v) is 17.7. The Labute approximate surface area is 169 Å². The molecule has 0 aliphatic carbocycles. The van der Waals surface area contributed by atoms with Crippen LogP contribution < -0.4 is 14.4 Å². The zero-order valence-electron chi connectivity index (χ0n) is 16.9. The summed E-state index contributed by atoms with van der Waals surface area (Å²) in [5, 5.41) is 1.22. The fraction of sp³-hybridized carbons (Fsp3) is 0.429. The summed E-state index contributed by atoms with van der Waals surface area (Å²) in [5.41, 5.74) is 2.46. The van der Waals surface area contributed by atoms with Crippen LogP contribution in [0.25, 0.3) is 10.2 Å². The molecule has 0 bridgehead atoms. The molecule has 1 aromatic carbocycles. The molecule has 0 spiro atoms. The summed E-state index contributed by atoms with van der Waals surface area (Å²) in [6.07, 6.45) is 1.69. The molecule has 0 amide bonds. The lowest BCUT2D eigenvalue weighted by molar-refractivity contribution is 0.245. The molecule has 1 fully saturated rings. The molecule has 0 N–H and O–H groups in total. The van der Waals surface area contributed by atoms with Crippen molar-refractivity contribution in [2.24, 2.45) is 0 Å². The van der Waals surface area contributed by atoms with E-state index in [0.29, 0.717) is 0 Å². The SMILES string of the molecule is COc1ccc(OC)c(CN2CCN(c3ncnc4sc(C)c(C)c34)CC2)c1. The second-order valence-corrected chi connectivity index (χ2v) is 8.30. The molecular formula is C21H26N4O2S. The predicted molar refractivity (Wildman–Crippen MR) is 114 cm³/mol. The smallest absolute Gasteiger partial charge is 0.141 e. The van der Waals surface area contributed by atoms with Crippen molar-refractivity contribution in [1.29, 1.82) is 0 Å². The lowest BCUT2D eigenvalue weighted by Gasteiger charge is -2.36. The van der Waals surface area contributed by atoms with Crippen molar-refractivity contribution < 1.29 is 9.47 Å². The van der Waals surface area contributed by atoms with Crippen LogP contribution >= 0.6 is 11.3 Å². The first kappa shape index (κ1) is 19.0. The lowest BCUT2D eigenvalue weighted by atomic mass is 10.1. The van der Waals surface area contributed by atoms with E-state index in [0.717, 1.165) is 60.4 Å². The fourth-order valence-electron chi connectivity index (χ4n) is 3.77. The number of fused-ring (bicyclic) bond motifs is 1. The first-order valence-corrected chi connectivity index (χ1v) is 10.3. The van der Waals surface area contributed by atoms with Gasteiger partial charge in [-0.25, -0.2) is 9.97 Å². The number of piperazine rings is 1. The second kappa shape index (κ2) is 7.93. The number of rotatable bonds is 5. The van der Waals surface area contributed by atoms with Crippen LogP contribution in [0.4, 0.5) is 5.82 Å². The number of hydrogen-bond donors (Lipinski definition) is 0. The standard InChI is InChI=1S/C21H26N4O2S/c1-14-15(2)28-21-19(14)20(22-13-23-21)25-9-7-24(8-10-25)12-16-11-17(26-3)5-6-18(16)27-4/h5-6,11,13H,7-10,12H2,1-4H3. The van der Waals surface area contributed by atoms with Gasteiger partial charge in [0.1, 0.15) is 28.5 Å². The molecule has 148 valence electrons. The largest absolute Gasteiger partial charge is 0.497 e. The molecule has 3 aromatic rings. The van der Waals surface area contributed by atoms with Gasteiger partial charge in [0.05, 0.1) is 19.6 Å². The zero-order chi connectivity index (χ0) is 19.7. The van der Waals surface area contributed by atoms with E-state index in [9.17, 15) is 0 Å². The van der Waals surface area contributed by atoms with Gasteiger partial charge in [-0.1, -0.05) is 0 Å². The maximum atomic E-state index is 5.53. The van der Waals surface area contributed by atoms with Crippen LogP contribution in [0.5, 0.6) is 11.5 Å². The number of benzene rings is 1. The fourth-order valence-corrected chi connectivity index (χ4v) is 4.76. The average Bonchev–Trinajstić information content (AvgIpc) is 3.02. The summed E-state index contributed by atoms with van der Waals surface area (Å²) < 4.78 is 10.9. The van der Waals surface area contributed by atoms with E-state index < -0.39 is 0 Å². The van der Waals surface area contributed by atoms with Gasteiger partial charge in [-0.05, 0) is 37.6 Å². The molecule has 7 heteroatoms. The number of aromatic nitrogens is 2. The van der Waals surface area contributed by atoms with Crippen molar-refractivity contribution >= 4 is 27.4 Å². The van der Waals surface area contributed by atoms with E-state index in [1.165, 1.54) is 15.8 Å². The van der Waals surface area contributed by atoms with Crippen LogP contribution in [0.15, 0.2) is 24.5 Å². The third-order valence-corrected chi connectivity index (χ3v) is 6.61. The first-order chi connectivity index (χ1) is 13.6. The molecule has 2 aromatic heterocycles. The molecule has 0 atom stereocenters. The van der Waals surface area contributed by atoms with Gasteiger partial charge in [0, 0.05) is 43.2 Å². The van der Waals surface area contributed by atoms with Gasteiger partial charge in [0.2, 0.25) is 0 Å². The van der Waals surface area contributed by atoms with Crippen molar-refractivity contribution in [3.8, 4) is 11.5 Å². The third-order valence-electron chi connectivity index (χ3n) is 5.50. The minimum atomic E-state index is 0.851. The number of aryl methyl sites for hydroxylation is 2. The van der Waals surface area contributed by atoms with Crippen molar-refractivity contribution in [1.82, 2.24) is 14.9 Å². The number of hydrogen-bond acceptors (Lipinski definition) is 7. The second-order valence-electron chi connectivity index (χ2n) is 7.10. The highest BCUT2D eigenvalue weighted by Crippen LogP contribution is 2.34. The molecule has 4 rings (SSSR count). The maximum absolute atomic E-state index is 5.53. The predicted octanol–water partition coefficient (Wildman–Crippen LogP) is 3.65. The highest BCUT2D eigenvalue weighted by Gasteiger charge is 2.22. The molecule has 1 aliphatic heterocycles. The number of ether oxygens (including phenoxy) is 2. The number of nitrogens with zero attached hydrogens (tertiary/aromatic N) is 4. The van der Waals surface area contributed by atoms with Crippen molar-refractivity contribution in [3.63, 3.8) is 0 Å². The number of thiophene rings is 1. The van der Waals surface area contributed by atoms with E-state index >= 15 is 0 Å². The maximum Gasteiger partial charge on any atom is 0.141 e. The molecule has 28 heavy (non-hydrogen) atoms. The van der Waals surface area contributed by atoms with E-state index in [1.807, 2.05) is 12.1 Å². The minimum Gasteiger partial charge on any atom is -0.497 e. The minimum absolute atomic E-state index is 0.851. The van der Waals surface area contributed by atoms with Gasteiger partial charge in [0.15, 0.2) is 0 Å². The Kier molecular flexibility index (Phi) is 5.37. The Morgan fingerprint density at radius 3 is 2.54 bits per heavy atom. The highest BCUT2D eigenvalue weighted by atomic mass is 32.1. The molecule has 1 saturated heterocycles. The molecule has 0 radical (unpaired) electrons. The van der Waals surface area contributed by atoms with E-state index in [1.54, 1.807) is 31.9 Å². The Morgan fingerprint density at radius 2 is 1.82 bits per heavy atom. The van der Waals surface area contributed by atoms with Crippen LogP contribution in [0.3, 0.4) is 0 Å². The van der Waals surface area contributed by atoms with Crippen LogP contribution in [0.1, 0.15) is 16.0 Å². The molecule has 6 nitrogen and oxygen atoms in total. The van der Waals surface area contributed by atoms with Gasteiger partial charge >= 0.3 is 0 Å². The molecular weight excluding hydrogens is 372 g/mol. The summed E-state index contributed by atoms with van der Waals surface area (Å²) >= 11 is 1.75. The van der Waals surface area contributed by atoms with Crippen LogP contribution in [0.2, 0.25) is 0 Å². The quantitative estimate of drug-likeness (QED) is 0.654. The first-order valence-electron chi connectivity index (χ1n) is 9.49. The van der Waals surface area contributed by atoms with E-state index in [4.69, 9.17) is 9.47 Å². The Balaban J connectivity index is 1.49. The lowest BCUT2D eigenvalue weighted by Crippen LogP contribution is -2.46. The van der Waals surface area contributed by atoms with Gasteiger partial charge in [-0.2, -0.15) is 0 Å². The van der Waals surface area contributed by atoms with E-state index in [2.05, 4.69) is 39.7 Å². The summed E-state index contributed by atoms with van der Waals surface area (Å²) in [4.78, 5) is 16.4. The van der Waals surface area contributed by atoms with Gasteiger partial charge < -0.3 is 14.4 Å². The Bertz CT molecular complexity index is 980. The van der Waals surface area contributed by atoms with Gasteiger partial charge in [0.25, 0.3) is 0 Å².